The van der Waals surface area contributed by atoms with E-state index in [1.54, 1.807) is 38.1 Å². The Morgan fingerprint density at radius 3 is 2.34 bits per heavy atom. The molecule has 1 aliphatic heterocycles. The summed E-state index contributed by atoms with van der Waals surface area (Å²) in [5, 5.41) is 12.5. The van der Waals surface area contributed by atoms with Crippen molar-refractivity contribution >= 4 is 29.3 Å². The largest absolute Gasteiger partial charge is 0.478 e. The van der Waals surface area contributed by atoms with Crippen molar-refractivity contribution in [1.29, 1.82) is 0 Å². The number of hydrogen-bond acceptors (Lipinski definition) is 5. The third-order valence-corrected chi connectivity index (χ3v) is 7.69. The van der Waals surface area contributed by atoms with Gasteiger partial charge >= 0.3 is 0 Å². The van der Waals surface area contributed by atoms with E-state index in [9.17, 15) is 14.4 Å². The van der Waals surface area contributed by atoms with Crippen LogP contribution in [0.15, 0.2) is 36.4 Å². The van der Waals surface area contributed by atoms with Gasteiger partial charge in [0.25, 0.3) is 11.8 Å². The zero-order valence-electron chi connectivity index (χ0n) is 22.3. The van der Waals surface area contributed by atoms with Crippen LogP contribution in [-0.4, -0.2) is 55.0 Å². The van der Waals surface area contributed by atoms with Crippen LogP contribution < -0.4 is 26.0 Å². The highest BCUT2D eigenvalue weighted by Gasteiger charge is 2.44. The molecular weight excluding hydrogens is 504 g/mol. The molecule has 3 amide bonds. The highest BCUT2D eigenvalue weighted by Crippen LogP contribution is 2.35. The van der Waals surface area contributed by atoms with E-state index in [2.05, 4.69) is 28.2 Å². The van der Waals surface area contributed by atoms with Crippen molar-refractivity contribution in [2.75, 3.05) is 26.2 Å². The predicted molar refractivity (Wildman–Crippen MR) is 148 cm³/mol. The van der Waals surface area contributed by atoms with Crippen molar-refractivity contribution in [2.45, 2.75) is 64.0 Å². The van der Waals surface area contributed by atoms with Crippen molar-refractivity contribution in [3.05, 3.63) is 63.7 Å². The highest BCUT2D eigenvalue weighted by molar-refractivity contribution is 6.30. The summed E-state index contributed by atoms with van der Waals surface area (Å²) in [6.07, 6.45) is 3.97. The molecule has 8 nitrogen and oxygen atoms in total. The van der Waals surface area contributed by atoms with Crippen molar-refractivity contribution in [1.82, 2.24) is 21.3 Å². The van der Waals surface area contributed by atoms with Crippen molar-refractivity contribution < 1.29 is 19.1 Å². The average molecular weight is 541 g/mol. The van der Waals surface area contributed by atoms with Gasteiger partial charge in [0, 0.05) is 23.7 Å². The summed E-state index contributed by atoms with van der Waals surface area (Å²) >= 11 is 5.88. The molecule has 38 heavy (non-hydrogen) atoms. The molecule has 1 saturated heterocycles. The predicted octanol–water partition coefficient (Wildman–Crippen LogP) is 3.08. The number of nitrogens with one attached hydrogen (secondary N) is 4. The molecule has 0 radical (unpaired) electrons. The van der Waals surface area contributed by atoms with E-state index in [0.717, 1.165) is 25.0 Å². The maximum Gasteiger partial charge on any atom is 0.264 e. The Labute approximate surface area is 229 Å². The maximum absolute atomic E-state index is 13.5. The number of benzene rings is 2. The molecule has 0 atom stereocenters. The number of carbonyl (C=O) groups excluding carboxylic acids is 3. The summed E-state index contributed by atoms with van der Waals surface area (Å²) in [6.45, 7) is 7.28. The first-order chi connectivity index (χ1) is 18.1. The third-order valence-electron chi connectivity index (χ3n) is 7.43. The number of ether oxygens (including phenoxy) is 1. The van der Waals surface area contributed by atoms with Crippen LogP contribution in [0.4, 0.5) is 0 Å². The summed E-state index contributed by atoms with van der Waals surface area (Å²) in [6, 6.07) is 10.6. The van der Waals surface area contributed by atoms with Crippen LogP contribution >= 0.6 is 11.6 Å². The Bertz CT molecular complexity index is 1190. The lowest BCUT2D eigenvalue weighted by Gasteiger charge is -2.39. The smallest absolute Gasteiger partial charge is 0.264 e. The lowest BCUT2D eigenvalue weighted by molar-refractivity contribution is -0.142. The minimum Gasteiger partial charge on any atom is -0.478 e. The van der Waals surface area contributed by atoms with E-state index < -0.39 is 11.1 Å². The van der Waals surface area contributed by atoms with Crippen LogP contribution in [0.1, 0.15) is 60.2 Å². The summed E-state index contributed by atoms with van der Waals surface area (Å²) in [7, 11) is 0. The fourth-order valence-electron chi connectivity index (χ4n) is 5.12. The van der Waals surface area contributed by atoms with Gasteiger partial charge in [-0.2, -0.15) is 0 Å². The summed E-state index contributed by atoms with van der Waals surface area (Å²) in [5.41, 5.74) is 2.01. The molecule has 4 N–H and O–H groups in total. The molecule has 0 spiro atoms. The van der Waals surface area contributed by atoms with E-state index >= 15 is 0 Å². The molecule has 1 heterocycles. The van der Waals surface area contributed by atoms with E-state index in [1.165, 1.54) is 16.7 Å². The van der Waals surface area contributed by atoms with Gasteiger partial charge in [0.2, 0.25) is 5.91 Å². The minimum absolute atomic E-state index is 0.235. The molecule has 2 aromatic rings. The van der Waals surface area contributed by atoms with Gasteiger partial charge < -0.3 is 26.0 Å². The Morgan fingerprint density at radius 1 is 0.974 bits per heavy atom. The summed E-state index contributed by atoms with van der Waals surface area (Å²) in [4.78, 5) is 39.2. The fraction of sp³-hybridized carbons (Fsp3) is 0.483. The zero-order chi connectivity index (χ0) is 27.3. The second-order valence-corrected chi connectivity index (χ2v) is 11.0. The number of hydrogen-bond donors (Lipinski definition) is 4. The molecular formula is C29H37ClN4O4. The quantitative estimate of drug-likeness (QED) is 0.366. The number of amides is 3. The van der Waals surface area contributed by atoms with Crippen molar-refractivity contribution in [2.24, 2.45) is 0 Å². The SMILES string of the molecule is Cc1ccc(OC(C)(C)C(=O)NC2(C(=O)NCCNC(=O)c3ccc(Cl)cc3)CCNCC2)c2c1CCC2. The molecule has 0 unspecified atom stereocenters. The van der Waals surface area contributed by atoms with Crippen LogP contribution in [0.5, 0.6) is 5.75 Å². The highest BCUT2D eigenvalue weighted by atomic mass is 35.5. The Hall–Kier alpha value is -3.10. The van der Waals surface area contributed by atoms with Crippen LogP contribution in [0, 0.1) is 6.92 Å². The average Bonchev–Trinajstić information content (AvgIpc) is 3.40. The Kier molecular flexibility index (Phi) is 8.63. The Balaban J connectivity index is 1.37. The summed E-state index contributed by atoms with van der Waals surface area (Å²) < 4.78 is 6.29. The van der Waals surface area contributed by atoms with E-state index in [0.29, 0.717) is 36.5 Å². The van der Waals surface area contributed by atoms with Crippen LogP contribution in [0.3, 0.4) is 0 Å². The molecule has 204 valence electrons. The van der Waals surface area contributed by atoms with Gasteiger partial charge in [-0.1, -0.05) is 17.7 Å². The van der Waals surface area contributed by atoms with Crippen molar-refractivity contribution in [3.8, 4) is 5.75 Å². The Morgan fingerprint density at radius 2 is 1.63 bits per heavy atom. The molecule has 0 aromatic heterocycles. The first kappa shape index (κ1) is 27.9. The lowest BCUT2D eigenvalue weighted by atomic mass is 9.86. The molecule has 0 saturated carbocycles. The van der Waals surface area contributed by atoms with Gasteiger partial charge in [0.15, 0.2) is 5.60 Å². The summed E-state index contributed by atoms with van der Waals surface area (Å²) in [5.74, 6) is -0.108. The first-order valence-electron chi connectivity index (χ1n) is 13.3. The third kappa shape index (κ3) is 6.30. The maximum atomic E-state index is 13.5. The van der Waals surface area contributed by atoms with Crippen molar-refractivity contribution in [3.63, 3.8) is 0 Å². The second-order valence-electron chi connectivity index (χ2n) is 10.6. The molecule has 2 aromatic carbocycles. The van der Waals surface area contributed by atoms with Gasteiger partial charge in [-0.25, -0.2) is 0 Å². The van der Waals surface area contributed by atoms with E-state index in [4.69, 9.17) is 16.3 Å². The van der Waals surface area contributed by atoms with Gasteiger partial charge in [-0.3, -0.25) is 14.4 Å². The fourth-order valence-corrected chi connectivity index (χ4v) is 5.25. The molecule has 9 heteroatoms. The van der Waals surface area contributed by atoms with Gasteiger partial charge in [-0.05, 0) is 113 Å². The minimum atomic E-state index is -1.17. The number of carbonyl (C=O) groups is 3. The van der Waals surface area contributed by atoms with Crippen LogP contribution in [0.2, 0.25) is 5.02 Å². The molecule has 4 rings (SSSR count). The van der Waals surface area contributed by atoms with Gasteiger partial charge in [0.1, 0.15) is 11.3 Å². The van der Waals surface area contributed by atoms with Crippen LogP contribution in [0.25, 0.3) is 0 Å². The van der Waals surface area contributed by atoms with Crippen LogP contribution in [-0.2, 0) is 22.4 Å². The standard InChI is InChI=1S/C29H37ClN4O4/c1-19-7-12-24(23-6-4-5-22(19)23)38-28(2,3)26(36)34-29(13-15-31-16-14-29)27(37)33-18-17-32-25(35)20-8-10-21(30)11-9-20/h7-12,31H,4-6,13-18H2,1-3H3,(H,32,35)(H,33,37)(H,34,36). The van der Waals surface area contributed by atoms with E-state index in [1.807, 2.05) is 12.1 Å². The molecule has 2 aliphatic rings. The topological polar surface area (TPSA) is 109 Å². The normalized spacial score (nSPS) is 16.3. The zero-order valence-corrected chi connectivity index (χ0v) is 23.1. The second kappa shape index (κ2) is 11.7. The molecule has 1 aliphatic carbocycles. The number of halogens is 1. The first-order valence-corrected chi connectivity index (χ1v) is 13.6. The molecule has 0 bridgehead atoms. The number of rotatable bonds is 9. The monoisotopic (exact) mass is 540 g/mol. The van der Waals surface area contributed by atoms with E-state index in [-0.39, 0.29) is 30.8 Å². The number of fused-ring (bicyclic) bond motifs is 1. The van der Waals surface area contributed by atoms with Gasteiger partial charge in [0.05, 0.1) is 0 Å². The molecule has 1 fully saturated rings. The number of piperidine rings is 1. The number of aryl methyl sites for hydroxylation is 1. The van der Waals surface area contributed by atoms with Gasteiger partial charge in [-0.15, -0.1) is 0 Å². The lowest BCUT2D eigenvalue weighted by Crippen LogP contribution is -2.66.